The van der Waals surface area contributed by atoms with Gasteiger partial charge in [0.2, 0.25) is 0 Å². The highest BCUT2D eigenvalue weighted by Crippen LogP contribution is 2.21. The molecule has 0 fully saturated rings. The minimum Gasteiger partial charge on any atom is -0.302 e. The van der Waals surface area contributed by atoms with Crippen molar-refractivity contribution in [2.75, 3.05) is 0 Å². The molecule has 0 bridgehead atoms. The number of hydrogen-bond donors (Lipinski definition) is 0. The van der Waals surface area contributed by atoms with Crippen LogP contribution < -0.4 is 0 Å². The fourth-order valence-corrected chi connectivity index (χ4v) is 1.45. The van der Waals surface area contributed by atoms with Crippen molar-refractivity contribution < 1.29 is 9.59 Å². The summed E-state index contributed by atoms with van der Waals surface area (Å²) in [4.78, 5) is 22.1. The van der Waals surface area contributed by atoms with Crippen LogP contribution in [-0.4, -0.2) is 12.1 Å². The van der Waals surface area contributed by atoms with Gasteiger partial charge in [0.25, 0.3) is 0 Å². The van der Waals surface area contributed by atoms with Gasteiger partial charge in [-0.25, -0.2) is 0 Å². The first kappa shape index (κ1) is 7.92. The van der Waals surface area contributed by atoms with Crippen LogP contribution >= 0.6 is 0 Å². The molecule has 1 aliphatic rings. The van der Waals surface area contributed by atoms with Crippen LogP contribution in [0.25, 0.3) is 6.08 Å². The third kappa shape index (κ3) is 1.20. The minimum atomic E-state index is -0.588. The molecule has 1 aliphatic carbocycles. The number of carbonyl (C=O) groups is 2. The minimum absolute atomic E-state index is 0.104. The molecule has 0 aromatic heterocycles. The Hall–Kier alpha value is -1.70. The van der Waals surface area contributed by atoms with Crippen molar-refractivity contribution in [3.63, 3.8) is 0 Å². The van der Waals surface area contributed by atoms with Gasteiger partial charge in [-0.3, -0.25) is 4.79 Å². The molecule has 1 aromatic carbocycles. The Kier molecular flexibility index (Phi) is 1.81. The average Bonchev–Trinajstić information content (AvgIpc) is 2.19. The van der Waals surface area contributed by atoms with E-state index >= 15 is 0 Å². The molecule has 0 heterocycles. The quantitative estimate of drug-likeness (QED) is 0.477. The van der Waals surface area contributed by atoms with Gasteiger partial charge in [0, 0.05) is 5.56 Å². The second kappa shape index (κ2) is 2.98. The molecular formula is C11H8O2. The highest BCUT2D eigenvalue weighted by atomic mass is 16.1. The fraction of sp³-hybridized carbons (Fsp3) is 0.0909. The standard InChI is InChI=1S/C11H8O2/c12-7-9-6-5-8-3-1-2-4-10(8)11(9)13/h1-7,9H. The summed E-state index contributed by atoms with van der Waals surface area (Å²) in [6.07, 6.45) is 4.13. The van der Waals surface area contributed by atoms with Crippen LogP contribution in [0.1, 0.15) is 15.9 Å². The SMILES string of the molecule is O=CC1C=Cc2ccccc2C1=O. The van der Waals surface area contributed by atoms with Crippen LogP contribution in [0, 0.1) is 5.92 Å². The van der Waals surface area contributed by atoms with Gasteiger partial charge in [-0.2, -0.15) is 0 Å². The summed E-state index contributed by atoms with van der Waals surface area (Å²) >= 11 is 0. The van der Waals surface area contributed by atoms with Crippen LogP contribution in [0.2, 0.25) is 0 Å². The van der Waals surface area contributed by atoms with Gasteiger partial charge in [-0.15, -0.1) is 0 Å². The molecule has 13 heavy (non-hydrogen) atoms. The van der Waals surface area contributed by atoms with Crippen LogP contribution in [0.15, 0.2) is 30.3 Å². The number of ketones is 1. The molecule has 1 unspecified atom stereocenters. The highest BCUT2D eigenvalue weighted by Gasteiger charge is 2.21. The van der Waals surface area contributed by atoms with Crippen molar-refractivity contribution in [2.24, 2.45) is 5.92 Å². The molecule has 0 N–H and O–H groups in total. The summed E-state index contributed by atoms with van der Waals surface area (Å²) in [6, 6.07) is 7.29. The van der Waals surface area contributed by atoms with E-state index in [0.717, 1.165) is 5.56 Å². The van der Waals surface area contributed by atoms with Crippen molar-refractivity contribution in [3.8, 4) is 0 Å². The van der Waals surface area contributed by atoms with E-state index < -0.39 is 5.92 Å². The number of Topliss-reactive ketones (excluding diaryl/α,β-unsaturated/α-hetero) is 1. The summed E-state index contributed by atoms with van der Waals surface area (Å²) in [5, 5.41) is 0. The summed E-state index contributed by atoms with van der Waals surface area (Å²) in [5.74, 6) is -0.692. The topological polar surface area (TPSA) is 34.1 Å². The number of rotatable bonds is 1. The first-order valence-corrected chi connectivity index (χ1v) is 4.09. The molecule has 1 atom stereocenters. The maximum absolute atomic E-state index is 11.6. The molecule has 64 valence electrons. The van der Waals surface area contributed by atoms with Gasteiger partial charge in [0.15, 0.2) is 5.78 Å². The smallest absolute Gasteiger partial charge is 0.177 e. The lowest BCUT2D eigenvalue weighted by atomic mass is 9.89. The molecule has 0 saturated heterocycles. The zero-order valence-corrected chi connectivity index (χ0v) is 6.94. The van der Waals surface area contributed by atoms with E-state index in [9.17, 15) is 9.59 Å². The lowest BCUT2D eigenvalue weighted by Crippen LogP contribution is -2.17. The van der Waals surface area contributed by atoms with E-state index in [1.807, 2.05) is 18.2 Å². The Morgan fingerprint density at radius 3 is 2.77 bits per heavy atom. The van der Waals surface area contributed by atoms with Crippen molar-refractivity contribution >= 4 is 18.1 Å². The predicted molar refractivity (Wildman–Crippen MR) is 49.4 cm³/mol. The molecule has 2 nitrogen and oxygen atoms in total. The van der Waals surface area contributed by atoms with Gasteiger partial charge in [0.05, 0.1) is 5.92 Å². The zero-order valence-electron chi connectivity index (χ0n) is 6.94. The lowest BCUT2D eigenvalue weighted by Gasteiger charge is -2.12. The van der Waals surface area contributed by atoms with Gasteiger partial charge < -0.3 is 4.79 Å². The Morgan fingerprint density at radius 1 is 1.23 bits per heavy atom. The lowest BCUT2D eigenvalue weighted by molar-refractivity contribution is -0.108. The number of benzene rings is 1. The molecule has 0 aliphatic heterocycles. The van der Waals surface area contributed by atoms with Crippen LogP contribution in [0.4, 0.5) is 0 Å². The van der Waals surface area contributed by atoms with Crippen LogP contribution in [0.5, 0.6) is 0 Å². The highest BCUT2D eigenvalue weighted by molar-refractivity contribution is 6.11. The van der Waals surface area contributed by atoms with Crippen LogP contribution in [-0.2, 0) is 4.79 Å². The number of fused-ring (bicyclic) bond motifs is 1. The normalized spacial score (nSPS) is 19.7. The Morgan fingerprint density at radius 2 is 2.00 bits per heavy atom. The van der Waals surface area contributed by atoms with E-state index in [0.29, 0.717) is 11.8 Å². The first-order valence-electron chi connectivity index (χ1n) is 4.09. The molecular weight excluding hydrogens is 164 g/mol. The van der Waals surface area contributed by atoms with E-state index in [1.165, 1.54) is 0 Å². The monoisotopic (exact) mass is 172 g/mol. The third-order valence-electron chi connectivity index (χ3n) is 2.16. The maximum Gasteiger partial charge on any atom is 0.177 e. The van der Waals surface area contributed by atoms with E-state index in [1.54, 1.807) is 18.2 Å². The largest absolute Gasteiger partial charge is 0.302 e. The van der Waals surface area contributed by atoms with Crippen molar-refractivity contribution in [3.05, 3.63) is 41.5 Å². The fourth-order valence-electron chi connectivity index (χ4n) is 1.45. The summed E-state index contributed by atoms with van der Waals surface area (Å²) in [6.45, 7) is 0. The number of carbonyl (C=O) groups excluding carboxylic acids is 2. The molecule has 0 spiro atoms. The molecule has 2 heteroatoms. The Bertz CT molecular complexity index is 391. The first-order chi connectivity index (χ1) is 6.33. The summed E-state index contributed by atoms with van der Waals surface area (Å²) in [5.41, 5.74) is 1.53. The third-order valence-corrected chi connectivity index (χ3v) is 2.16. The molecule has 1 aromatic rings. The van der Waals surface area contributed by atoms with Gasteiger partial charge in [-0.05, 0) is 5.56 Å². The maximum atomic E-state index is 11.6. The van der Waals surface area contributed by atoms with E-state index in [-0.39, 0.29) is 5.78 Å². The van der Waals surface area contributed by atoms with Gasteiger partial charge in [0.1, 0.15) is 6.29 Å². The van der Waals surface area contributed by atoms with Gasteiger partial charge >= 0.3 is 0 Å². The second-order valence-electron chi connectivity index (χ2n) is 2.97. The van der Waals surface area contributed by atoms with E-state index in [2.05, 4.69) is 0 Å². The summed E-state index contributed by atoms with van der Waals surface area (Å²) in [7, 11) is 0. The molecule has 0 radical (unpaired) electrons. The molecule has 0 amide bonds. The van der Waals surface area contributed by atoms with Crippen molar-refractivity contribution in [2.45, 2.75) is 0 Å². The Balaban J connectivity index is 2.54. The van der Waals surface area contributed by atoms with Gasteiger partial charge in [-0.1, -0.05) is 36.4 Å². The number of allylic oxidation sites excluding steroid dienone is 1. The number of aldehydes is 1. The average molecular weight is 172 g/mol. The predicted octanol–water partition coefficient (Wildman–Crippen LogP) is 1.71. The second-order valence-corrected chi connectivity index (χ2v) is 2.97. The summed E-state index contributed by atoms with van der Waals surface area (Å²) < 4.78 is 0. The van der Waals surface area contributed by atoms with Crippen molar-refractivity contribution in [1.82, 2.24) is 0 Å². The number of hydrogen-bond acceptors (Lipinski definition) is 2. The Labute approximate surface area is 75.9 Å². The van der Waals surface area contributed by atoms with E-state index in [4.69, 9.17) is 0 Å². The molecule has 0 saturated carbocycles. The van der Waals surface area contributed by atoms with Crippen LogP contribution in [0.3, 0.4) is 0 Å². The molecule has 2 rings (SSSR count). The zero-order chi connectivity index (χ0) is 9.26. The van der Waals surface area contributed by atoms with Crippen molar-refractivity contribution in [1.29, 1.82) is 0 Å².